The van der Waals surface area contributed by atoms with Crippen molar-refractivity contribution in [1.29, 1.82) is 0 Å². The van der Waals surface area contributed by atoms with Crippen molar-refractivity contribution in [3.63, 3.8) is 0 Å². The number of aliphatic carboxylic acids is 1. The van der Waals surface area contributed by atoms with E-state index in [9.17, 15) is 19.2 Å². The van der Waals surface area contributed by atoms with Gasteiger partial charge in [-0.15, -0.1) is 0 Å². The summed E-state index contributed by atoms with van der Waals surface area (Å²) in [4.78, 5) is 47.8. The quantitative estimate of drug-likeness (QED) is 0.688. The molecule has 2 saturated heterocycles. The highest BCUT2D eigenvalue weighted by atomic mass is 16.5. The summed E-state index contributed by atoms with van der Waals surface area (Å²) < 4.78 is 5.29. The van der Waals surface area contributed by atoms with Crippen molar-refractivity contribution in [2.45, 2.75) is 31.7 Å². The third-order valence-electron chi connectivity index (χ3n) is 4.16. The van der Waals surface area contributed by atoms with Crippen LogP contribution >= 0.6 is 0 Å². The van der Waals surface area contributed by atoms with Gasteiger partial charge in [-0.3, -0.25) is 19.7 Å². The molecule has 3 amide bonds. The Morgan fingerprint density at radius 2 is 2.13 bits per heavy atom. The van der Waals surface area contributed by atoms with E-state index in [4.69, 9.17) is 9.84 Å². The van der Waals surface area contributed by atoms with Crippen molar-refractivity contribution in [1.82, 2.24) is 10.2 Å². The Kier molecular flexibility index (Phi) is 3.89. The van der Waals surface area contributed by atoms with E-state index < -0.39 is 24.5 Å². The molecule has 0 aromatic heterocycles. The fraction of sp³-hybridized carbons (Fsp3) is 0.467. The van der Waals surface area contributed by atoms with Crippen LogP contribution in [-0.4, -0.2) is 52.9 Å². The zero-order chi connectivity index (χ0) is 16.6. The zero-order valence-electron chi connectivity index (χ0n) is 12.3. The fourth-order valence-electron chi connectivity index (χ4n) is 3.10. The molecular formula is C15H16N2O6. The second-order valence-electron chi connectivity index (χ2n) is 5.64. The number of fused-ring (bicyclic) bond motifs is 1. The fourth-order valence-corrected chi connectivity index (χ4v) is 3.10. The van der Waals surface area contributed by atoms with Crippen LogP contribution in [-0.2, 0) is 23.9 Å². The Hall–Kier alpha value is -2.64. The number of nitrogens with zero attached hydrogens (tertiary/aromatic N) is 1. The highest BCUT2D eigenvalue weighted by Gasteiger charge is 2.42. The van der Waals surface area contributed by atoms with Gasteiger partial charge in [0.2, 0.25) is 11.8 Å². The van der Waals surface area contributed by atoms with Crippen molar-refractivity contribution < 1.29 is 29.0 Å². The van der Waals surface area contributed by atoms with Gasteiger partial charge in [0.1, 0.15) is 11.8 Å². The van der Waals surface area contributed by atoms with Crippen LogP contribution in [0.2, 0.25) is 0 Å². The maximum absolute atomic E-state index is 12.5. The minimum Gasteiger partial charge on any atom is -0.486 e. The standard InChI is InChI=1S/C15H16N2O6/c18-12-5-4-10(14(21)16-12)17-6-9-8(15(17)22)2-1-3-11(9)23-7-13(19)20/h2,10H,1,3-7H2,(H,19,20)(H,16,18,21). The third-order valence-corrected chi connectivity index (χ3v) is 4.16. The molecule has 8 nitrogen and oxygen atoms in total. The highest BCUT2D eigenvalue weighted by Crippen LogP contribution is 2.35. The van der Waals surface area contributed by atoms with Gasteiger partial charge in [0.05, 0.1) is 6.54 Å². The molecule has 0 aromatic carbocycles. The van der Waals surface area contributed by atoms with Crippen LogP contribution < -0.4 is 5.32 Å². The van der Waals surface area contributed by atoms with Crippen molar-refractivity contribution in [3.05, 3.63) is 23.0 Å². The van der Waals surface area contributed by atoms with Gasteiger partial charge in [0.25, 0.3) is 5.91 Å². The van der Waals surface area contributed by atoms with Gasteiger partial charge >= 0.3 is 5.97 Å². The third kappa shape index (κ3) is 2.84. The van der Waals surface area contributed by atoms with Gasteiger partial charge in [-0.25, -0.2) is 4.79 Å². The van der Waals surface area contributed by atoms with E-state index in [-0.39, 0.29) is 24.8 Å². The monoisotopic (exact) mass is 320 g/mol. The Bertz CT molecular complexity index is 663. The second kappa shape index (κ2) is 5.86. The highest BCUT2D eigenvalue weighted by molar-refractivity contribution is 6.07. The Morgan fingerprint density at radius 1 is 1.35 bits per heavy atom. The van der Waals surface area contributed by atoms with Gasteiger partial charge < -0.3 is 14.7 Å². The van der Waals surface area contributed by atoms with Crippen molar-refractivity contribution in [2.24, 2.45) is 0 Å². The first-order valence-electron chi connectivity index (χ1n) is 7.39. The van der Waals surface area contributed by atoms with Crippen molar-refractivity contribution in [2.75, 3.05) is 13.2 Å². The maximum Gasteiger partial charge on any atom is 0.341 e. The van der Waals surface area contributed by atoms with Crippen LogP contribution in [0.5, 0.6) is 0 Å². The number of rotatable bonds is 4. The summed E-state index contributed by atoms with van der Waals surface area (Å²) >= 11 is 0. The van der Waals surface area contributed by atoms with Crippen LogP contribution in [0.25, 0.3) is 0 Å². The molecule has 0 spiro atoms. The lowest BCUT2D eigenvalue weighted by Crippen LogP contribution is -2.52. The molecule has 1 atom stereocenters. The number of amides is 3. The van der Waals surface area contributed by atoms with E-state index in [1.807, 2.05) is 0 Å². The van der Waals surface area contributed by atoms with Crippen LogP contribution in [0.3, 0.4) is 0 Å². The number of likely N-dealkylation sites (tertiary alicyclic amines) is 1. The number of hydrogen-bond acceptors (Lipinski definition) is 5. The summed E-state index contributed by atoms with van der Waals surface area (Å²) in [5.74, 6) is -1.67. The average molecular weight is 320 g/mol. The number of carboxylic acid groups (broad SMARTS) is 1. The second-order valence-corrected chi connectivity index (χ2v) is 5.64. The minimum atomic E-state index is -1.08. The van der Waals surface area contributed by atoms with Gasteiger partial charge in [0.15, 0.2) is 6.61 Å². The smallest absolute Gasteiger partial charge is 0.341 e. The summed E-state index contributed by atoms with van der Waals surface area (Å²) in [6, 6.07) is -0.681. The largest absolute Gasteiger partial charge is 0.486 e. The average Bonchev–Trinajstić information content (AvgIpc) is 2.83. The van der Waals surface area contributed by atoms with E-state index in [0.29, 0.717) is 36.2 Å². The number of carbonyl (C=O) groups excluding carboxylic acids is 3. The first kappa shape index (κ1) is 15.3. The summed E-state index contributed by atoms with van der Waals surface area (Å²) in [5.41, 5.74) is 1.12. The van der Waals surface area contributed by atoms with Crippen LogP contribution in [0.1, 0.15) is 25.7 Å². The van der Waals surface area contributed by atoms with Crippen molar-refractivity contribution >= 4 is 23.7 Å². The molecule has 0 radical (unpaired) electrons. The lowest BCUT2D eigenvalue weighted by Gasteiger charge is -2.28. The summed E-state index contributed by atoms with van der Waals surface area (Å²) in [7, 11) is 0. The number of carbonyl (C=O) groups is 4. The molecule has 122 valence electrons. The summed E-state index contributed by atoms with van der Waals surface area (Å²) in [5, 5.41) is 11.0. The molecular weight excluding hydrogens is 304 g/mol. The van der Waals surface area contributed by atoms with Gasteiger partial charge in [-0.1, -0.05) is 6.08 Å². The van der Waals surface area contributed by atoms with Gasteiger partial charge in [0, 0.05) is 24.0 Å². The first-order valence-corrected chi connectivity index (χ1v) is 7.39. The van der Waals surface area contributed by atoms with E-state index in [2.05, 4.69) is 5.32 Å². The van der Waals surface area contributed by atoms with E-state index >= 15 is 0 Å². The molecule has 1 unspecified atom stereocenters. The van der Waals surface area contributed by atoms with Crippen molar-refractivity contribution in [3.8, 4) is 0 Å². The van der Waals surface area contributed by atoms with Crippen LogP contribution in [0.4, 0.5) is 0 Å². The molecule has 1 aliphatic carbocycles. The molecule has 2 N–H and O–H groups in total. The molecule has 3 aliphatic rings. The summed E-state index contributed by atoms with van der Waals surface area (Å²) in [6.45, 7) is -0.259. The normalized spacial score (nSPS) is 24.3. The Labute approximate surface area is 131 Å². The number of carboxylic acids is 1. The molecule has 2 aliphatic heterocycles. The number of hydrogen-bond donors (Lipinski definition) is 2. The number of ether oxygens (including phenoxy) is 1. The van der Waals surface area contributed by atoms with E-state index in [1.54, 1.807) is 6.08 Å². The molecule has 0 bridgehead atoms. The first-order chi connectivity index (χ1) is 11.0. The van der Waals surface area contributed by atoms with Gasteiger partial charge in [-0.2, -0.15) is 0 Å². The molecule has 2 fully saturated rings. The van der Waals surface area contributed by atoms with Crippen LogP contribution in [0, 0.1) is 0 Å². The topological polar surface area (TPSA) is 113 Å². The SMILES string of the molecule is O=C(O)COC1=C2CN(C3CCC(=O)NC3=O)C(=O)C2=CCC1. The Balaban J connectivity index is 1.82. The minimum absolute atomic E-state index is 0.195. The van der Waals surface area contributed by atoms with E-state index in [1.165, 1.54) is 4.90 Å². The van der Waals surface area contributed by atoms with Gasteiger partial charge in [-0.05, 0) is 12.8 Å². The zero-order valence-corrected chi connectivity index (χ0v) is 12.3. The summed E-state index contributed by atoms with van der Waals surface area (Å²) in [6.07, 6.45) is 3.39. The molecule has 3 rings (SSSR count). The molecule has 23 heavy (non-hydrogen) atoms. The molecule has 8 heteroatoms. The predicted octanol–water partition coefficient (Wildman–Crippen LogP) is -0.291. The van der Waals surface area contributed by atoms with Crippen LogP contribution in [0.15, 0.2) is 23.0 Å². The number of nitrogens with one attached hydrogen (secondary N) is 1. The lowest BCUT2D eigenvalue weighted by atomic mass is 9.98. The number of imide groups is 1. The number of piperidine rings is 1. The maximum atomic E-state index is 12.5. The molecule has 0 aromatic rings. The molecule has 2 heterocycles. The van der Waals surface area contributed by atoms with E-state index in [0.717, 1.165) is 0 Å². The lowest BCUT2D eigenvalue weighted by molar-refractivity contribution is -0.142. The number of allylic oxidation sites excluding steroid dienone is 2. The Morgan fingerprint density at radius 3 is 2.83 bits per heavy atom. The molecule has 0 saturated carbocycles. The predicted molar refractivity (Wildman–Crippen MR) is 75.8 cm³/mol.